The lowest BCUT2D eigenvalue weighted by Crippen LogP contribution is -2.53. The Balaban J connectivity index is 3.79. The lowest BCUT2D eigenvalue weighted by molar-refractivity contribution is -0.119. The van der Waals surface area contributed by atoms with E-state index in [1.54, 1.807) is 0 Å². The van der Waals surface area contributed by atoms with Crippen LogP contribution in [-0.4, -0.2) is 38.9 Å². The Morgan fingerprint density at radius 1 is 0.636 bits per heavy atom. The molecule has 0 heterocycles. The highest BCUT2D eigenvalue weighted by Crippen LogP contribution is 2.18. The maximum absolute atomic E-state index is 12.3. The van der Waals surface area contributed by atoms with Gasteiger partial charge in [0.2, 0.25) is 0 Å². The normalized spacial score (nSPS) is 12.0. The molecule has 0 aromatic heterocycles. The van der Waals surface area contributed by atoms with Crippen LogP contribution in [0.2, 0.25) is 0 Å². The Morgan fingerprint density at radius 3 is 1.58 bits per heavy atom. The van der Waals surface area contributed by atoms with E-state index < -0.39 is 8.80 Å². The molecular formula is C27H52O4SSi. The number of thiocarbonyl (C=S) groups is 1. The molecule has 0 amide bonds. The third-order valence-electron chi connectivity index (χ3n) is 5.69. The zero-order valence-corrected chi connectivity index (χ0v) is 23.9. The average Bonchev–Trinajstić information content (AvgIpc) is 2.80. The van der Waals surface area contributed by atoms with Crippen molar-refractivity contribution in [3.8, 4) is 0 Å². The highest BCUT2D eigenvalue weighted by molar-refractivity contribution is 7.84. The van der Waals surface area contributed by atoms with Crippen LogP contribution in [0.1, 0.15) is 130 Å². The fourth-order valence-corrected chi connectivity index (χ4v) is 6.80. The van der Waals surface area contributed by atoms with Gasteiger partial charge in [0, 0.05) is 32.7 Å². The molecule has 0 aromatic rings. The molecule has 33 heavy (non-hydrogen) atoms. The van der Waals surface area contributed by atoms with Crippen LogP contribution in [0.25, 0.3) is 0 Å². The van der Waals surface area contributed by atoms with Crippen molar-refractivity contribution in [2.24, 2.45) is 0 Å². The van der Waals surface area contributed by atoms with Gasteiger partial charge in [-0.1, -0.05) is 82.7 Å². The summed E-state index contributed by atoms with van der Waals surface area (Å²) in [6.45, 7) is 9.50. The van der Waals surface area contributed by atoms with Gasteiger partial charge in [0.15, 0.2) is 0 Å². The largest absolute Gasteiger partial charge is 0.544 e. The molecule has 6 heteroatoms. The summed E-state index contributed by atoms with van der Waals surface area (Å²) >= 11 is 5.58. The van der Waals surface area contributed by atoms with Crippen molar-refractivity contribution in [2.45, 2.75) is 130 Å². The van der Waals surface area contributed by atoms with Crippen LogP contribution in [-0.2, 0) is 18.1 Å². The second kappa shape index (κ2) is 23.3. The fraction of sp³-hybridized carbons (Fsp3) is 0.852. The Labute approximate surface area is 211 Å². The summed E-state index contributed by atoms with van der Waals surface area (Å²) in [6, 6.07) is 0. The number of ketones is 1. The van der Waals surface area contributed by atoms with Gasteiger partial charge in [-0.2, -0.15) is 0 Å². The summed E-state index contributed by atoms with van der Waals surface area (Å²) in [5.74, 6) is 0.280. The molecule has 0 saturated carbocycles. The highest BCUT2D eigenvalue weighted by Gasteiger charge is 2.45. The van der Waals surface area contributed by atoms with Crippen LogP contribution in [0.4, 0.5) is 0 Å². The van der Waals surface area contributed by atoms with Gasteiger partial charge in [0.1, 0.15) is 5.78 Å². The van der Waals surface area contributed by atoms with Crippen molar-refractivity contribution >= 4 is 31.3 Å². The summed E-state index contributed by atoms with van der Waals surface area (Å²) < 4.78 is 18.2. The van der Waals surface area contributed by atoms with Crippen LogP contribution < -0.4 is 0 Å². The molecular weight excluding hydrogens is 448 g/mol. The quantitative estimate of drug-likeness (QED) is 0.0545. The third kappa shape index (κ3) is 17.7. The first-order valence-corrected chi connectivity index (χ1v) is 15.8. The van der Waals surface area contributed by atoms with E-state index >= 15 is 0 Å². The van der Waals surface area contributed by atoms with E-state index in [4.69, 9.17) is 25.5 Å². The first-order chi connectivity index (χ1) is 16.1. The van der Waals surface area contributed by atoms with Gasteiger partial charge in [0.25, 0.3) is 0 Å². The first kappa shape index (κ1) is 32.6. The molecule has 0 aromatic carbocycles. The fourth-order valence-electron chi connectivity index (χ4n) is 3.86. The van der Waals surface area contributed by atoms with Crippen molar-refractivity contribution in [1.82, 2.24) is 0 Å². The molecule has 0 N–H and O–H groups in total. The number of allylic oxidation sites excluding steroid dienone is 2. The van der Waals surface area contributed by atoms with E-state index in [1.165, 1.54) is 70.6 Å². The van der Waals surface area contributed by atoms with Gasteiger partial charge < -0.3 is 13.3 Å². The molecule has 0 atom stereocenters. The highest BCUT2D eigenvalue weighted by atomic mass is 32.1. The molecule has 0 rings (SSSR count). The molecule has 0 bridgehead atoms. The van der Waals surface area contributed by atoms with Crippen LogP contribution in [0.15, 0.2) is 12.2 Å². The van der Waals surface area contributed by atoms with Gasteiger partial charge in [-0.25, -0.2) is 0 Å². The summed E-state index contributed by atoms with van der Waals surface area (Å²) in [5, 5.41) is 0. The molecule has 0 fully saturated rings. The zero-order valence-electron chi connectivity index (χ0n) is 22.1. The Hall–Kier alpha value is -0.403. The standard InChI is InChI=1S/C27H52O4SSi/c1-5-9-10-11-12-13-14-15-16-17-18-19-20-21-22-23-26(28)24-25-27(32)33(29-6-2,30-7-3)31-8-4/h15-16H,5-14,17-25H2,1-4H3/b16-15-. The second-order valence-corrected chi connectivity index (χ2v) is 12.1. The minimum absolute atomic E-state index is 0.280. The van der Waals surface area contributed by atoms with E-state index in [0.29, 0.717) is 43.6 Å². The van der Waals surface area contributed by atoms with Crippen molar-refractivity contribution in [3.63, 3.8) is 0 Å². The van der Waals surface area contributed by atoms with Gasteiger partial charge in [-0.15, -0.1) is 0 Å². The maximum Gasteiger partial charge on any atom is 0.544 e. The smallest absolute Gasteiger partial charge is 0.370 e. The molecule has 0 spiro atoms. The minimum Gasteiger partial charge on any atom is -0.370 e. The van der Waals surface area contributed by atoms with Gasteiger partial charge in [0.05, 0.1) is 4.49 Å². The Morgan fingerprint density at radius 2 is 1.09 bits per heavy atom. The van der Waals surface area contributed by atoms with Crippen molar-refractivity contribution in [3.05, 3.63) is 12.2 Å². The average molecular weight is 501 g/mol. The summed E-state index contributed by atoms with van der Waals surface area (Å²) in [5.41, 5.74) is 0. The van der Waals surface area contributed by atoms with E-state index in [9.17, 15) is 4.79 Å². The van der Waals surface area contributed by atoms with E-state index in [0.717, 1.165) is 12.8 Å². The van der Waals surface area contributed by atoms with E-state index in [2.05, 4.69) is 19.1 Å². The van der Waals surface area contributed by atoms with E-state index in [1.807, 2.05) is 20.8 Å². The number of hydrogen-bond donors (Lipinski definition) is 0. The van der Waals surface area contributed by atoms with Crippen LogP contribution in [0.3, 0.4) is 0 Å². The molecule has 194 valence electrons. The number of carbonyl (C=O) groups is 1. The van der Waals surface area contributed by atoms with Crippen molar-refractivity contribution in [1.29, 1.82) is 0 Å². The predicted octanol–water partition coefficient (Wildman–Crippen LogP) is 8.33. The predicted molar refractivity (Wildman–Crippen MR) is 147 cm³/mol. The van der Waals surface area contributed by atoms with Crippen LogP contribution >= 0.6 is 12.2 Å². The number of carbonyl (C=O) groups excluding carboxylic acids is 1. The van der Waals surface area contributed by atoms with E-state index in [-0.39, 0.29) is 5.78 Å². The first-order valence-electron chi connectivity index (χ1n) is 13.7. The second-order valence-electron chi connectivity index (χ2n) is 8.65. The molecule has 0 unspecified atom stereocenters. The Kier molecular flexibility index (Phi) is 23.1. The van der Waals surface area contributed by atoms with Crippen LogP contribution in [0.5, 0.6) is 0 Å². The molecule has 0 aliphatic carbocycles. The summed E-state index contributed by atoms with van der Waals surface area (Å²) in [7, 11) is -2.97. The van der Waals surface area contributed by atoms with Gasteiger partial charge in [-0.05, 0) is 59.3 Å². The lowest BCUT2D eigenvalue weighted by atomic mass is 10.1. The maximum atomic E-state index is 12.3. The molecule has 0 aliphatic rings. The summed E-state index contributed by atoms with van der Waals surface area (Å²) in [4.78, 5) is 12.3. The Bertz CT molecular complexity index is 493. The zero-order chi connectivity index (χ0) is 24.6. The summed E-state index contributed by atoms with van der Waals surface area (Å²) in [6.07, 6.45) is 22.8. The lowest BCUT2D eigenvalue weighted by Gasteiger charge is -2.28. The molecule has 4 nitrogen and oxygen atoms in total. The van der Waals surface area contributed by atoms with Crippen molar-refractivity contribution < 1.29 is 18.1 Å². The van der Waals surface area contributed by atoms with Gasteiger partial charge in [-0.3, -0.25) is 4.79 Å². The monoisotopic (exact) mass is 500 g/mol. The number of Topliss-reactive ketones (excluding diaryl/α,β-unsaturated/α-hetero) is 1. The third-order valence-corrected chi connectivity index (χ3v) is 9.59. The minimum atomic E-state index is -2.97. The topological polar surface area (TPSA) is 44.8 Å². The molecule has 0 aliphatic heterocycles. The molecule has 0 radical (unpaired) electrons. The molecule has 0 saturated heterocycles. The van der Waals surface area contributed by atoms with Crippen LogP contribution in [0, 0.1) is 0 Å². The SMILES string of the molecule is CCCCCCCC/C=C\CCCCCCCC(=O)CCC(=S)[Si](OCC)(OCC)OCC. The van der Waals surface area contributed by atoms with Gasteiger partial charge >= 0.3 is 8.80 Å². The number of hydrogen-bond acceptors (Lipinski definition) is 5. The number of rotatable bonds is 25. The number of unbranched alkanes of at least 4 members (excludes halogenated alkanes) is 11. The van der Waals surface area contributed by atoms with Crippen molar-refractivity contribution in [2.75, 3.05) is 19.8 Å².